The number of rotatable bonds is 2. The number of fused-ring (bicyclic) bond motifs is 1. The van der Waals surface area contributed by atoms with Gasteiger partial charge in [-0.1, -0.05) is 24.3 Å². The van der Waals surface area contributed by atoms with E-state index in [1.165, 1.54) is 16.7 Å². The van der Waals surface area contributed by atoms with Crippen LogP contribution in [0, 0.1) is 0 Å². The van der Waals surface area contributed by atoms with Gasteiger partial charge in [0.1, 0.15) is 0 Å². The third-order valence-electron chi connectivity index (χ3n) is 3.16. The average molecular weight is 210 g/mol. The van der Waals surface area contributed by atoms with Gasteiger partial charge in [0.05, 0.1) is 0 Å². The lowest BCUT2D eigenvalue weighted by atomic mass is 9.99. The van der Waals surface area contributed by atoms with Crippen LogP contribution < -0.4 is 5.32 Å². The molecule has 16 heavy (non-hydrogen) atoms. The number of aromatic nitrogens is 1. The van der Waals surface area contributed by atoms with Crippen molar-refractivity contribution in [2.45, 2.75) is 19.0 Å². The largest absolute Gasteiger partial charge is 0.306 e. The number of hydrogen-bond donors (Lipinski definition) is 1. The minimum Gasteiger partial charge on any atom is -0.306 e. The molecule has 2 nitrogen and oxygen atoms in total. The molecule has 0 aliphatic carbocycles. The highest BCUT2D eigenvalue weighted by Crippen LogP contribution is 2.27. The number of hydrogen-bond acceptors (Lipinski definition) is 2. The summed E-state index contributed by atoms with van der Waals surface area (Å²) in [5.74, 6) is 0. The van der Waals surface area contributed by atoms with E-state index in [0.29, 0.717) is 6.04 Å². The summed E-state index contributed by atoms with van der Waals surface area (Å²) < 4.78 is 0. The van der Waals surface area contributed by atoms with Crippen molar-refractivity contribution in [1.82, 2.24) is 10.3 Å². The van der Waals surface area contributed by atoms with Crippen LogP contribution in [-0.2, 0) is 13.0 Å². The third kappa shape index (κ3) is 1.72. The zero-order chi connectivity index (χ0) is 10.8. The minimum absolute atomic E-state index is 0.457. The molecule has 0 bridgehead atoms. The quantitative estimate of drug-likeness (QED) is 0.823. The van der Waals surface area contributed by atoms with E-state index < -0.39 is 0 Å². The fraction of sp³-hybridized carbons (Fsp3) is 0.214. The van der Waals surface area contributed by atoms with E-state index in [9.17, 15) is 0 Å². The smallest absolute Gasteiger partial charge is 0.0367 e. The number of benzene rings is 1. The maximum Gasteiger partial charge on any atom is 0.0367 e. The van der Waals surface area contributed by atoms with Gasteiger partial charge < -0.3 is 5.32 Å². The first kappa shape index (κ1) is 9.55. The Morgan fingerprint density at radius 2 is 1.94 bits per heavy atom. The second kappa shape index (κ2) is 4.06. The molecule has 1 aliphatic rings. The van der Waals surface area contributed by atoms with Crippen molar-refractivity contribution in [3.8, 4) is 0 Å². The molecule has 0 fully saturated rings. The molecule has 1 aromatic heterocycles. The number of pyridine rings is 1. The van der Waals surface area contributed by atoms with Gasteiger partial charge in [0.2, 0.25) is 0 Å². The topological polar surface area (TPSA) is 24.9 Å². The van der Waals surface area contributed by atoms with E-state index in [-0.39, 0.29) is 0 Å². The van der Waals surface area contributed by atoms with Crippen molar-refractivity contribution < 1.29 is 0 Å². The molecular weight excluding hydrogens is 196 g/mol. The highest BCUT2D eigenvalue weighted by molar-refractivity contribution is 5.35. The Hall–Kier alpha value is -1.67. The predicted molar refractivity (Wildman–Crippen MR) is 64.0 cm³/mol. The fourth-order valence-electron chi connectivity index (χ4n) is 2.31. The first-order valence-electron chi connectivity index (χ1n) is 5.63. The van der Waals surface area contributed by atoms with Crippen LogP contribution in [0.1, 0.15) is 22.7 Å². The molecule has 2 heterocycles. The Morgan fingerprint density at radius 1 is 1.12 bits per heavy atom. The predicted octanol–water partition coefficient (Wildman–Crippen LogP) is 2.47. The summed E-state index contributed by atoms with van der Waals surface area (Å²) in [6.07, 6.45) is 4.76. The number of nitrogens with zero attached hydrogens (tertiary/aromatic N) is 1. The maximum absolute atomic E-state index is 4.04. The molecule has 0 radical (unpaired) electrons. The number of nitrogens with one attached hydrogen (secondary N) is 1. The van der Waals surface area contributed by atoms with Gasteiger partial charge in [-0.05, 0) is 35.2 Å². The van der Waals surface area contributed by atoms with Crippen molar-refractivity contribution >= 4 is 0 Å². The standard InChI is InChI=1S/C14H14N2/c1-2-4-13-12(3-1)10-16-14(13)9-11-5-7-15-8-6-11/h1-8,14,16H,9-10H2. The molecule has 1 unspecified atom stereocenters. The molecule has 80 valence electrons. The van der Waals surface area contributed by atoms with Gasteiger partial charge >= 0.3 is 0 Å². The van der Waals surface area contributed by atoms with E-state index in [2.05, 4.69) is 46.7 Å². The lowest BCUT2D eigenvalue weighted by Gasteiger charge is -2.11. The monoisotopic (exact) mass is 210 g/mol. The summed E-state index contributed by atoms with van der Waals surface area (Å²) in [6.45, 7) is 0.992. The van der Waals surface area contributed by atoms with Crippen molar-refractivity contribution in [2.75, 3.05) is 0 Å². The molecule has 0 spiro atoms. The van der Waals surface area contributed by atoms with Gasteiger partial charge in [0.25, 0.3) is 0 Å². The Balaban J connectivity index is 1.84. The molecule has 1 aromatic carbocycles. The Bertz CT molecular complexity index is 479. The highest BCUT2D eigenvalue weighted by atomic mass is 14.9. The Labute approximate surface area is 95.3 Å². The van der Waals surface area contributed by atoms with Gasteiger partial charge in [-0.2, -0.15) is 0 Å². The van der Waals surface area contributed by atoms with Gasteiger partial charge in [0.15, 0.2) is 0 Å². The van der Waals surface area contributed by atoms with Crippen LogP contribution in [0.3, 0.4) is 0 Å². The fourth-order valence-corrected chi connectivity index (χ4v) is 2.31. The highest BCUT2D eigenvalue weighted by Gasteiger charge is 2.20. The molecule has 3 rings (SSSR count). The van der Waals surface area contributed by atoms with E-state index in [1.807, 2.05) is 12.4 Å². The van der Waals surface area contributed by atoms with Crippen LogP contribution in [0.5, 0.6) is 0 Å². The van der Waals surface area contributed by atoms with Crippen LogP contribution in [0.15, 0.2) is 48.8 Å². The second-order valence-corrected chi connectivity index (χ2v) is 4.19. The molecule has 1 N–H and O–H groups in total. The molecular formula is C14H14N2. The lowest BCUT2D eigenvalue weighted by Crippen LogP contribution is -2.14. The summed E-state index contributed by atoms with van der Waals surface area (Å²) in [5.41, 5.74) is 4.21. The van der Waals surface area contributed by atoms with Crippen molar-refractivity contribution in [3.63, 3.8) is 0 Å². The van der Waals surface area contributed by atoms with Crippen LogP contribution in [0.4, 0.5) is 0 Å². The summed E-state index contributed by atoms with van der Waals surface area (Å²) in [7, 11) is 0. The molecule has 0 amide bonds. The van der Waals surface area contributed by atoms with Crippen molar-refractivity contribution in [2.24, 2.45) is 0 Å². The lowest BCUT2D eigenvalue weighted by molar-refractivity contribution is 0.581. The van der Waals surface area contributed by atoms with Gasteiger partial charge in [-0.25, -0.2) is 0 Å². The minimum atomic E-state index is 0.457. The summed E-state index contributed by atoms with van der Waals surface area (Å²) in [4.78, 5) is 4.04. The molecule has 1 aliphatic heterocycles. The van der Waals surface area contributed by atoms with E-state index in [4.69, 9.17) is 0 Å². The third-order valence-corrected chi connectivity index (χ3v) is 3.16. The van der Waals surface area contributed by atoms with Crippen LogP contribution in [-0.4, -0.2) is 4.98 Å². The average Bonchev–Trinajstić information content (AvgIpc) is 2.74. The molecule has 2 heteroatoms. The summed E-state index contributed by atoms with van der Waals surface area (Å²) in [6, 6.07) is 13.3. The van der Waals surface area contributed by atoms with Crippen LogP contribution in [0.25, 0.3) is 0 Å². The van der Waals surface area contributed by atoms with Crippen LogP contribution >= 0.6 is 0 Å². The van der Waals surface area contributed by atoms with Crippen molar-refractivity contribution in [1.29, 1.82) is 0 Å². The first-order chi connectivity index (χ1) is 7.93. The first-order valence-corrected chi connectivity index (χ1v) is 5.63. The van der Waals surface area contributed by atoms with E-state index in [1.54, 1.807) is 0 Å². The Kier molecular flexibility index (Phi) is 2.43. The van der Waals surface area contributed by atoms with Gasteiger partial charge in [-0.15, -0.1) is 0 Å². The maximum atomic E-state index is 4.04. The Morgan fingerprint density at radius 3 is 2.81 bits per heavy atom. The molecule has 2 aromatic rings. The summed E-state index contributed by atoms with van der Waals surface area (Å²) in [5, 5.41) is 3.55. The van der Waals surface area contributed by atoms with Gasteiger partial charge in [0, 0.05) is 25.0 Å². The molecule has 0 saturated heterocycles. The van der Waals surface area contributed by atoms with E-state index in [0.717, 1.165) is 13.0 Å². The second-order valence-electron chi connectivity index (χ2n) is 4.19. The zero-order valence-corrected chi connectivity index (χ0v) is 9.06. The van der Waals surface area contributed by atoms with Gasteiger partial charge in [-0.3, -0.25) is 4.98 Å². The molecule has 0 saturated carbocycles. The van der Waals surface area contributed by atoms with E-state index >= 15 is 0 Å². The van der Waals surface area contributed by atoms with Crippen LogP contribution in [0.2, 0.25) is 0 Å². The summed E-state index contributed by atoms with van der Waals surface area (Å²) >= 11 is 0. The van der Waals surface area contributed by atoms with Crippen molar-refractivity contribution in [3.05, 3.63) is 65.5 Å². The normalized spacial score (nSPS) is 18.4. The SMILES string of the molecule is c1ccc2c(c1)CNC2Cc1ccncc1. The molecule has 1 atom stereocenters. The zero-order valence-electron chi connectivity index (χ0n) is 9.06.